The number of carbonyl (C=O) groups is 1. The molecule has 1 aromatic carbocycles. The number of anilines is 1. The van der Waals surface area contributed by atoms with E-state index in [1.165, 1.54) is 11.3 Å². The number of carbonyl (C=O) groups excluding carboxylic acids is 1. The number of aryl methyl sites for hydroxylation is 1. The predicted octanol–water partition coefficient (Wildman–Crippen LogP) is 4.18. The molecule has 0 aliphatic heterocycles. The zero-order valence-corrected chi connectivity index (χ0v) is 11.3. The second-order valence-corrected chi connectivity index (χ2v) is 5.92. The van der Waals surface area contributed by atoms with Crippen molar-refractivity contribution < 1.29 is 4.79 Å². The van der Waals surface area contributed by atoms with Crippen molar-refractivity contribution in [1.29, 1.82) is 0 Å². The average Bonchev–Trinajstić information content (AvgIpc) is 2.61. The molecule has 0 saturated heterocycles. The van der Waals surface area contributed by atoms with Crippen molar-refractivity contribution in [2.75, 3.05) is 5.73 Å². The van der Waals surface area contributed by atoms with Crippen LogP contribution in [-0.2, 0) is 0 Å². The Morgan fingerprint density at radius 3 is 2.53 bits per heavy atom. The van der Waals surface area contributed by atoms with Crippen LogP contribution in [0.3, 0.4) is 0 Å². The fourth-order valence-electron chi connectivity index (χ4n) is 1.43. The molecule has 0 amide bonds. The highest BCUT2D eigenvalue weighted by Crippen LogP contribution is 2.32. The first-order valence-corrected chi connectivity index (χ1v) is 6.42. The Bertz CT molecular complexity index is 592. The summed E-state index contributed by atoms with van der Waals surface area (Å²) in [5, 5.41) is 0. The SMILES string of the molecule is Cc1ccc(C(=O)c2cc(Cl)sc2Cl)cc1N. The van der Waals surface area contributed by atoms with E-state index in [0.29, 0.717) is 25.5 Å². The van der Waals surface area contributed by atoms with E-state index in [4.69, 9.17) is 28.9 Å². The normalized spacial score (nSPS) is 10.5. The van der Waals surface area contributed by atoms with E-state index in [2.05, 4.69) is 0 Å². The number of thiophene rings is 1. The highest BCUT2D eigenvalue weighted by atomic mass is 35.5. The quantitative estimate of drug-likeness (QED) is 0.665. The summed E-state index contributed by atoms with van der Waals surface area (Å²) in [4.78, 5) is 12.2. The van der Waals surface area contributed by atoms with Gasteiger partial charge in [0, 0.05) is 11.3 Å². The van der Waals surface area contributed by atoms with Crippen LogP contribution in [0.25, 0.3) is 0 Å². The van der Waals surface area contributed by atoms with Gasteiger partial charge < -0.3 is 5.73 Å². The van der Waals surface area contributed by atoms with Crippen LogP contribution in [0.4, 0.5) is 5.69 Å². The Morgan fingerprint density at radius 1 is 1.29 bits per heavy atom. The third-order valence-electron chi connectivity index (χ3n) is 2.44. The molecule has 0 unspecified atom stereocenters. The van der Waals surface area contributed by atoms with Crippen LogP contribution in [0.5, 0.6) is 0 Å². The summed E-state index contributed by atoms with van der Waals surface area (Å²) in [6.45, 7) is 1.89. The second kappa shape index (κ2) is 4.69. The van der Waals surface area contributed by atoms with Crippen LogP contribution < -0.4 is 5.73 Å². The molecule has 0 aliphatic carbocycles. The smallest absolute Gasteiger partial charge is 0.195 e. The third-order valence-corrected chi connectivity index (χ3v) is 3.93. The predicted molar refractivity (Wildman–Crippen MR) is 73.4 cm³/mol. The molecule has 1 heterocycles. The van der Waals surface area contributed by atoms with E-state index in [1.807, 2.05) is 13.0 Å². The molecule has 0 aliphatic rings. The zero-order valence-electron chi connectivity index (χ0n) is 8.96. The Labute approximate surface area is 113 Å². The highest BCUT2D eigenvalue weighted by molar-refractivity contribution is 7.20. The Morgan fingerprint density at radius 2 is 2.00 bits per heavy atom. The van der Waals surface area contributed by atoms with Gasteiger partial charge in [-0.2, -0.15) is 0 Å². The molecule has 0 saturated carbocycles. The van der Waals surface area contributed by atoms with Crippen molar-refractivity contribution >= 4 is 46.0 Å². The molecule has 0 radical (unpaired) electrons. The molecule has 2 rings (SSSR count). The number of hydrogen-bond acceptors (Lipinski definition) is 3. The molecule has 2 N–H and O–H groups in total. The number of nitrogens with two attached hydrogens (primary N) is 1. The first-order valence-electron chi connectivity index (χ1n) is 4.84. The second-order valence-electron chi connectivity index (χ2n) is 3.64. The van der Waals surface area contributed by atoms with Gasteiger partial charge in [-0.3, -0.25) is 4.79 Å². The van der Waals surface area contributed by atoms with E-state index in [9.17, 15) is 4.79 Å². The van der Waals surface area contributed by atoms with Crippen molar-refractivity contribution in [1.82, 2.24) is 0 Å². The standard InChI is InChI=1S/C12H9Cl2NOS/c1-6-2-3-7(4-9(6)15)11(16)8-5-10(13)17-12(8)14/h2-5H,15H2,1H3. The van der Waals surface area contributed by atoms with Gasteiger partial charge in [0.2, 0.25) is 0 Å². The highest BCUT2D eigenvalue weighted by Gasteiger charge is 2.16. The molecule has 2 aromatic rings. The number of rotatable bonds is 2. The fourth-order valence-corrected chi connectivity index (χ4v) is 2.89. The van der Waals surface area contributed by atoms with Gasteiger partial charge in [-0.15, -0.1) is 11.3 Å². The van der Waals surface area contributed by atoms with Crippen molar-refractivity contribution in [3.05, 3.63) is 49.6 Å². The molecule has 17 heavy (non-hydrogen) atoms. The zero-order chi connectivity index (χ0) is 12.6. The lowest BCUT2D eigenvalue weighted by atomic mass is 10.0. The van der Waals surface area contributed by atoms with Gasteiger partial charge in [-0.05, 0) is 24.6 Å². The van der Waals surface area contributed by atoms with E-state index in [0.717, 1.165) is 5.56 Å². The van der Waals surface area contributed by atoms with E-state index in [-0.39, 0.29) is 5.78 Å². The van der Waals surface area contributed by atoms with Crippen molar-refractivity contribution in [2.24, 2.45) is 0 Å². The molecule has 0 bridgehead atoms. The third kappa shape index (κ3) is 2.46. The van der Waals surface area contributed by atoms with Crippen LogP contribution in [0.15, 0.2) is 24.3 Å². The van der Waals surface area contributed by atoms with Gasteiger partial charge in [0.05, 0.1) is 9.90 Å². The lowest BCUT2D eigenvalue weighted by Crippen LogP contribution is -2.02. The van der Waals surface area contributed by atoms with E-state index < -0.39 is 0 Å². The Balaban J connectivity index is 2.44. The number of benzene rings is 1. The van der Waals surface area contributed by atoms with E-state index in [1.54, 1.807) is 18.2 Å². The summed E-state index contributed by atoms with van der Waals surface area (Å²) in [6, 6.07) is 6.77. The maximum atomic E-state index is 12.2. The van der Waals surface area contributed by atoms with Gasteiger partial charge in [-0.1, -0.05) is 35.3 Å². The van der Waals surface area contributed by atoms with E-state index >= 15 is 0 Å². The molecule has 0 atom stereocenters. The summed E-state index contributed by atoms with van der Waals surface area (Å²) in [5.74, 6) is -0.162. The van der Waals surface area contributed by atoms with Crippen LogP contribution in [0, 0.1) is 6.92 Å². The van der Waals surface area contributed by atoms with Gasteiger partial charge in [0.15, 0.2) is 5.78 Å². The topological polar surface area (TPSA) is 43.1 Å². The van der Waals surface area contributed by atoms with Gasteiger partial charge in [0.1, 0.15) is 4.34 Å². The minimum Gasteiger partial charge on any atom is -0.398 e. The average molecular weight is 286 g/mol. The van der Waals surface area contributed by atoms with Crippen molar-refractivity contribution in [3.63, 3.8) is 0 Å². The van der Waals surface area contributed by atoms with Gasteiger partial charge in [-0.25, -0.2) is 0 Å². The lowest BCUT2D eigenvalue weighted by molar-refractivity contribution is 0.103. The monoisotopic (exact) mass is 285 g/mol. The molecular formula is C12H9Cl2NOS. The van der Waals surface area contributed by atoms with Crippen LogP contribution in [0.1, 0.15) is 21.5 Å². The molecule has 2 nitrogen and oxygen atoms in total. The van der Waals surface area contributed by atoms with Gasteiger partial charge >= 0.3 is 0 Å². The number of ketones is 1. The largest absolute Gasteiger partial charge is 0.398 e. The maximum Gasteiger partial charge on any atom is 0.195 e. The minimum atomic E-state index is -0.162. The van der Waals surface area contributed by atoms with Crippen molar-refractivity contribution in [2.45, 2.75) is 6.92 Å². The number of halogens is 2. The molecular weight excluding hydrogens is 277 g/mol. The molecule has 0 fully saturated rings. The van der Waals surface area contributed by atoms with Crippen LogP contribution >= 0.6 is 34.5 Å². The summed E-state index contributed by atoms with van der Waals surface area (Å²) in [5.41, 5.74) is 8.24. The molecule has 88 valence electrons. The first-order chi connectivity index (χ1) is 7.99. The number of hydrogen-bond donors (Lipinski definition) is 1. The number of nitrogen functional groups attached to an aromatic ring is 1. The molecule has 1 aromatic heterocycles. The van der Waals surface area contributed by atoms with Crippen LogP contribution in [0.2, 0.25) is 8.67 Å². The summed E-state index contributed by atoms with van der Waals surface area (Å²) in [7, 11) is 0. The Kier molecular flexibility index (Phi) is 3.43. The van der Waals surface area contributed by atoms with Gasteiger partial charge in [0.25, 0.3) is 0 Å². The summed E-state index contributed by atoms with van der Waals surface area (Å²) >= 11 is 12.9. The Hall–Kier alpha value is -1.03. The summed E-state index contributed by atoms with van der Waals surface area (Å²) in [6.07, 6.45) is 0. The molecule has 5 heteroatoms. The summed E-state index contributed by atoms with van der Waals surface area (Å²) < 4.78 is 0.901. The maximum absolute atomic E-state index is 12.2. The van der Waals surface area contributed by atoms with Crippen molar-refractivity contribution in [3.8, 4) is 0 Å². The lowest BCUT2D eigenvalue weighted by Gasteiger charge is -2.03. The minimum absolute atomic E-state index is 0.162. The first kappa shape index (κ1) is 12.4. The molecule has 0 spiro atoms. The fraction of sp³-hybridized carbons (Fsp3) is 0.0833. The van der Waals surface area contributed by atoms with Crippen LogP contribution in [-0.4, -0.2) is 5.78 Å².